The molecule has 1 unspecified atom stereocenters. The number of ether oxygens (including phenoxy) is 2. The van der Waals surface area contributed by atoms with Crippen molar-refractivity contribution in [2.75, 3.05) is 32.8 Å². The summed E-state index contributed by atoms with van der Waals surface area (Å²) in [6, 6.07) is 0.0294. The van der Waals surface area contributed by atoms with Gasteiger partial charge in [-0.05, 0) is 57.9 Å². The van der Waals surface area contributed by atoms with Gasteiger partial charge in [-0.2, -0.15) is 0 Å². The number of hydrogen-bond donors (Lipinski definition) is 2. The number of rotatable bonds is 8. The first-order valence-electron chi connectivity index (χ1n) is 11.0. The lowest BCUT2D eigenvalue weighted by atomic mass is 10.1. The van der Waals surface area contributed by atoms with Gasteiger partial charge in [-0.1, -0.05) is 37.5 Å². The van der Waals surface area contributed by atoms with Crippen LogP contribution in [0.1, 0.15) is 34.6 Å². The van der Waals surface area contributed by atoms with E-state index in [-0.39, 0.29) is 6.04 Å². The molecule has 2 aliphatic heterocycles. The second-order valence-corrected chi connectivity index (χ2v) is 8.77. The molecule has 2 heterocycles. The molecular formula is C25H38N4O3. The maximum atomic E-state index is 12.0. The molecule has 0 spiro atoms. The van der Waals surface area contributed by atoms with Crippen molar-refractivity contribution in [3.05, 3.63) is 72.3 Å². The highest BCUT2D eigenvalue weighted by atomic mass is 16.6. The largest absolute Gasteiger partial charge is 0.444 e. The third-order valence-electron chi connectivity index (χ3n) is 4.81. The number of carbonyl (C=O) groups excluding carboxylic acids is 1. The standard InChI is InChI=1S/C25H38N4O3/c1-8-10-21(11-9-2)22-17-20(4)29(27-22)23(28-12-14-31-15-13-28)16-19(3)18-26-24(30)32-25(5,6)7/h8-11,16-17,22,27H,1,3,12-15,18H2,2,4-7H3,(H,26,30)/b11-9-,21-10+,23-16-. The van der Waals surface area contributed by atoms with Crippen LogP contribution in [0.2, 0.25) is 0 Å². The van der Waals surface area contributed by atoms with Gasteiger partial charge in [-0.25, -0.2) is 10.2 Å². The van der Waals surface area contributed by atoms with Gasteiger partial charge in [0.15, 0.2) is 0 Å². The average molecular weight is 443 g/mol. The Morgan fingerprint density at radius 2 is 2.06 bits per heavy atom. The maximum absolute atomic E-state index is 12.0. The summed E-state index contributed by atoms with van der Waals surface area (Å²) < 4.78 is 10.9. The number of nitrogens with one attached hydrogen (secondary N) is 2. The average Bonchev–Trinajstić information content (AvgIpc) is 3.11. The monoisotopic (exact) mass is 442 g/mol. The summed E-state index contributed by atoms with van der Waals surface area (Å²) in [5.41, 5.74) is 6.01. The SMILES string of the molecule is C=C/C=C(\C=C/C)C1C=C(C)N(/C(=C\C(=C)CNC(=O)OC(C)(C)C)N2CCOCC2)N1. The van der Waals surface area contributed by atoms with Gasteiger partial charge in [0.1, 0.15) is 11.4 Å². The van der Waals surface area contributed by atoms with E-state index in [0.717, 1.165) is 35.8 Å². The van der Waals surface area contributed by atoms with Crippen LogP contribution in [0, 0.1) is 0 Å². The van der Waals surface area contributed by atoms with Crippen molar-refractivity contribution in [2.45, 2.75) is 46.3 Å². The predicted octanol–water partition coefficient (Wildman–Crippen LogP) is 4.02. The predicted molar refractivity (Wildman–Crippen MR) is 129 cm³/mol. The zero-order chi connectivity index (χ0) is 23.7. The van der Waals surface area contributed by atoms with Gasteiger partial charge in [0.05, 0.1) is 19.3 Å². The Kier molecular flexibility index (Phi) is 9.35. The zero-order valence-corrected chi connectivity index (χ0v) is 20.1. The van der Waals surface area contributed by atoms with Crippen molar-refractivity contribution < 1.29 is 14.3 Å². The third kappa shape index (κ3) is 7.73. The Balaban J connectivity index is 2.19. The first-order chi connectivity index (χ1) is 15.1. The molecule has 0 aliphatic carbocycles. The van der Waals surface area contributed by atoms with E-state index in [4.69, 9.17) is 9.47 Å². The number of allylic oxidation sites excluding steroid dienone is 4. The smallest absolute Gasteiger partial charge is 0.407 e. The first kappa shape index (κ1) is 25.5. The van der Waals surface area contributed by atoms with Crippen LogP contribution in [-0.2, 0) is 9.47 Å². The molecule has 1 amide bonds. The molecule has 7 nitrogen and oxygen atoms in total. The highest BCUT2D eigenvalue weighted by molar-refractivity contribution is 5.68. The third-order valence-corrected chi connectivity index (χ3v) is 4.81. The van der Waals surface area contributed by atoms with E-state index in [1.807, 2.05) is 45.9 Å². The molecule has 1 fully saturated rings. The van der Waals surface area contributed by atoms with E-state index in [0.29, 0.717) is 19.8 Å². The number of hydrogen-bond acceptors (Lipinski definition) is 6. The van der Waals surface area contributed by atoms with E-state index in [1.54, 1.807) is 6.08 Å². The molecule has 2 N–H and O–H groups in total. The van der Waals surface area contributed by atoms with Crippen molar-refractivity contribution in [3.8, 4) is 0 Å². The highest BCUT2D eigenvalue weighted by Crippen LogP contribution is 2.25. The van der Waals surface area contributed by atoms with Crippen molar-refractivity contribution in [3.63, 3.8) is 0 Å². The van der Waals surface area contributed by atoms with Crippen LogP contribution in [0.15, 0.2) is 72.3 Å². The Labute approximate surface area is 192 Å². The summed E-state index contributed by atoms with van der Waals surface area (Å²) in [5, 5.41) is 4.86. The Morgan fingerprint density at radius 1 is 1.38 bits per heavy atom. The number of nitrogens with zero attached hydrogens (tertiary/aromatic N) is 2. The van der Waals surface area contributed by atoms with E-state index in [2.05, 4.69) is 52.9 Å². The second-order valence-electron chi connectivity index (χ2n) is 8.77. The van der Waals surface area contributed by atoms with Crippen LogP contribution in [-0.4, -0.2) is 60.5 Å². The van der Waals surface area contributed by atoms with Crippen LogP contribution in [0.4, 0.5) is 4.79 Å². The summed E-state index contributed by atoms with van der Waals surface area (Å²) in [5.74, 6) is 0.971. The summed E-state index contributed by atoms with van der Waals surface area (Å²) in [6.45, 7) is 20.8. The van der Waals surface area contributed by atoms with E-state index in [1.165, 1.54) is 0 Å². The number of hydrazine groups is 1. The van der Waals surface area contributed by atoms with Crippen molar-refractivity contribution >= 4 is 6.09 Å². The van der Waals surface area contributed by atoms with Crippen LogP contribution in [0.3, 0.4) is 0 Å². The number of amides is 1. The Hall–Kier alpha value is -2.77. The molecule has 7 heteroatoms. The van der Waals surface area contributed by atoms with Crippen molar-refractivity contribution in [1.82, 2.24) is 20.7 Å². The zero-order valence-electron chi connectivity index (χ0n) is 20.1. The molecule has 0 aromatic carbocycles. The lowest BCUT2D eigenvalue weighted by molar-refractivity contribution is 0.0369. The van der Waals surface area contributed by atoms with Gasteiger partial charge in [0.25, 0.3) is 0 Å². The molecule has 0 radical (unpaired) electrons. The molecule has 0 aromatic rings. The molecule has 0 bridgehead atoms. The quantitative estimate of drug-likeness (QED) is 0.554. The number of alkyl carbamates (subject to hydrolysis) is 1. The molecule has 2 aliphatic rings. The Morgan fingerprint density at radius 3 is 2.66 bits per heavy atom. The fraction of sp³-hybridized carbons (Fsp3) is 0.480. The first-order valence-corrected chi connectivity index (χ1v) is 11.0. The van der Waals surface area contributed by atoms with Crippen molar-refractivity contribution in [1.29, 1.82) is 0 Å². The maximum Gasteiger partial charge on any atom is 0.407 e. The van der Waals surface area contributed by atoms with Gasteiger partial charge in [-0.3, -0.25) is 5.01 Å². The molecule has 1 saturated heterocycles. The fourth-order valence-corrected chi connectivity index (χ4v) is 3.43. The van der Waals surface area contributed by atoms with Gasteiger partial charge < -0.3 is 19.7 Å². The lowest BCUT2D eigenvalue weighted by Crippen LogP contribution is -2.46. The van der Waals surface area contributed by atoms with Crippen LogP contribution in [0.25, 0.3) is 0 Å². The van der Waals surface area contributed by atoms with Crippen LogP contribution >= 0.6 is 0 Å². The summed E-state index contributed by atoms with van der Waals surface area (Å²) in [7, 11) is 0. The highest BCUT2D eigenvalue weighted by Gasteiger charge is 2.28. The van der Waals surface area contributed by atoms with E-state index >= 15 is 0 Å². The Bertz CT molecular complexity index is 812. The summed E-state index contributed by atoms with van der Waals surface area (Å²) in [6.07, 6.45) is 11.6. The van der Waals surface area contributed by atoms with E-state index in [9.17, 15) is 4.79 Å². The van der Waals surface area contributed by atoms with Gasteiger partial charge in [0, 0.05) is 25.3 Å². The normalized spacial score (nSPS) is 20.4. The number of carbonyl (C=O) groups is 1. The number of morpholine rings is 1. The summed E-state index contributed by atoms with van der Waals surface area (Å²) >= 11 is 0. The van der Waals surface area contributed by atoms with Gasteiger partial charge in [0.2, 0.25) is 0 Å². The molecule has 0 saturated carbocycles. The molecular weight excluding hydrogens is 404 g/mol. The molecule has 2 rings (SSSR count). The minimum absolute atomic E-state index is 0.0294. The fourth-order valence-electron chi connectivity index (χ4n) is 3.43. The van der Waals surface area contributed by atoms with E-state index < -0.39 is 11.7 Å². The molecule has 32 heavy (non-hydrogen) atoms. The van der Waals surface area contributed by atoms with Gasteiger partial charge >= 0.3 is 6.09 Å². The molecule has 176 valence electrons. The lowest BCUT2D eigenvalue weighted by Gasteiger charge is -2.37. The van der Waals surface area contributed by atoms with Gasteiger partial charge in [-0.15, -0.1) is 0 Å². The molecule has 1 atom stereocenters. The summed E-state index contributed by atoms with van der Waals surface area (Å²) in [4.78, 5) is 14.3. The van der Waals surface area contributed by atoms with Crippen LogP contribution in [0.5, 0.6) is 0 Å². The minimum Gasteiger partial charge on any atom is -0.444 e. The van der Waals surface area contributed by atoms with Crippen molar-refractivity contribution in [2.24, 2.45) is 0 Å². The second kappa shape index (κ2) is 11.7. The minimum atomic E-state index is -0.541. The topological polar surface area (TPSA) is 66.1 Å². The van der Waals surface area contributed by atoms with Crippen LogP contribution < -0.4 is 10.7 Å². The molecule has 0 aromatic heterocycles.